The van der Waals surface area contributed by atoms with E-state index in [1.165, 1.54) is 5.69 Å². The molecule has 1 aliphatic rings. The molecular weight excluding hydrogens is 364 g/mol. The average Bonchev–Trinajstić information content (AvgIpc) is 3.16. The van der Waals surface area contributed by atoms with Crippen molar-refractivity contribution in [1.29, 1.82) is 0 Å². The van der Waals surface area contributed by atoms with Crippen LogP contribution in [0.2, 0.25) is 0 Å². The third kappa shape index (κ3) is 3.51. The zero-order chi connectivity index (χ0) is 19.6. The molecule has 1 aromatic heterocycles. The molecule has 5 heteroatoms. The molecule has 0 N–H and O–H groups in total. The van der Waals surface area contributed by atoms with Crippen LogP contribution in [-0.2, 0) is 4.79 Å². The van der Waals surface area contributed by atoms with Gasteiger partial charge in [0, 0.05) is 42.6 Å². The first-order valence-electron chi connectivity index (χ1n) is 9.90. The Morgan fingerprint density at radius 2 is 1.55 bits per heavy atom. The molecular formula is C24H22N2O3. The molecule has 1 fully saturated rings. The molecule has 0 bridgehead atoms. The molecule has 29 heavy (non-hydrogen) atoms. The molecule has 3 aromatic carbocycles. The second-order valence-corrected chi connectivity index (χ2v) is 7.25. The fraction of sp³-hybridized carbons (Fsp3) is 0.208. The van der Waals surface area contributed by atoms with Gasteiger partial charge in [-0.3, -0.25) is 4.79 Å². The first kappa shape index (κ1) is 17.6. The molecule has 2 heterocycles. The van der Waals surface area contributed by atoms with Gasteiger partial charge in [-0.1, -0.05) is 36.4 Å². The summed E-state index contributed by atoms with van der Waals surface area (Å²) in [5, 5.41) is 2.05. The van der Waals surface area contributed by atoms with Crippen molar-refractivity contribution in [2.75, 3.05) is 37.7 Å². The van der Waals surface area contributed by atoms with E-state index in [2.05, 4.69) is 17.0 Å². The summed E-state index contributed by atoms with van der Waals surface area (Å²) < 4.78 is 11.7. The highest BCUT2D eigenvalue weighted by Crippen LogP contribution is 2.31. The highest BCUT2D eigenvalue weighted by molar-refractivity contribution is 6.05. The number of nitrogens with zero attached hydrogens (tertiary/aromatic N) is 2. The molecule has 0 radical (unpaired) electrons. The predicted molar refractivity (Wildman–Crippen MR) is 114 cm³/mol. The van der Waals surface area contributed by atoms with Gasteiger partial charge >= 0.3 is 0 Å². The fourth-order valence-electron chi connectivity index (χ4n) is 3.88. The summed E-state index contributed by atoms with van der Waals surface area (Å²) in [5.74, 6) is 0.704. The van der Waals surface area contributed by atoms with E-state index < -0.39 is 0 Å². The number of amides is 1. The second-order valence-electron chi connectivity index (χ2n) is 7.25. The molecule has 5 rings (SSSR count). The minimum atomic E-state index is 0.0230. The Labute approximate surface area is 169 Å². The number of piperazine rings is 1. The van der Waals surface area contributed by atoms with Crippen LogP contribution in [0.5, 0.6) is 5.75 Å². The number of ether oxygens (including phenoxy) is 1. The number of carbonyl (C=O) groups is 1. The molecule has 1 saturated heterocycles. The topological polar surface area (TPSA) is 45.9 Å². The van der Waals surface area contributed by atoms with Crippen molar-refractivity contribution in [3.05, 3.63) is 72.8 Å². The van der Waals surface area contributed by atoms with Crippen molar-refractivity contribution in [3.8, 4) is 5.75 Å². The highest BCUT2D eigenvalue weighted by atomic mass is 16.5. The van der Waals surface area contributed by atoms with Crippen molar-refractivity contribution in [2.45, 2.75) is 0 Å². The Morgan fingerprint density at radius 1 is 0.828 bits per heavy atom. The Kier molecular flexibility index (Phi) is 4.56. The largest absolute Gasteiger partial charge is 0.484 e. The van der Waals surface area contributed by atoms with E-state index in [0.29, 0.717) is 18.8 Å². The minimum Gasteiger partial charge on any atom is -0.484 e. The van der Waals surface area contributed by atoms with Crippen LogP contribution < -0.4 is 9.64 Å². The van der Waals surface area contributed by atoms with Crippen molar-refractivity contribution >= 4 is 33.5 Å². The number of carbonyl (C=O) groups excluding carboxylic acids is 1. The number of para-hydroxylation sites is 2. The van der Waals surface area contributed by atoms with Gasteiger partial charge in [0.05, 0.1) is 0 Å². The number of anilines is 1. The molecule has 1 amide bonds. The van der Waals surface area contributed by atoms with Crippen LogP contribution in [0.1, 0.15) is 0 Å². The maximum Gasteiger partial charge on any atom is 0.260 e. The predicted octanol–water partition coefficient (Wildman–Crippen LogP) is 4.31. The van der Waals surface area contributed by atoms with Gasteiger partial charge in [0.2, 0.25) is 0 Å². The molecule has 0 atom stereocenters. The van der Waals surface area contributed by atoms with Crippen LogP contribution in [0.3, 0.4) is 0 Å². The minimum absolute atomic E-state index is 0.0230. The molecule has 0 unspecified atom stereocenters. The smallest absolute Gasteiger partial charge is 0.260 e. The van der Waals surface area contributed by atoms with E-state index in [0.717, 1.165) is 35.0 Å². The summed E-state index contributed by atoms with van der Waals surface area (Å²) in [7, 11) is 0. The third-order valence-electron chi connectivity index (χ3n) is 5.46. The van der Waals surface area contributed by atoms with E-state index in [1.54, 1.807) is 0 Å². The van der Waals surface area contributed by atoms with Gasteiger partial charge in [-0.25, -0.2) is 0 Å². The summed E-state index contributed by atoms with van der Waals surface area (Å²) in [4.78, 5) is 16.8. The molecule has 0 spiro atoms. The summed E-state index contributed by atoms with van der Waals surface area (Å²) >= 11 is 0. The van der Waals surface area contributed by atoms with E-state index >= 15 is 0 Å². The van der Waals surface area contributed by atoms with Gasteiger partial charge in [0.1, 0.15) is 16.9 Å². The molecule has 0 aliphatic carbocycles. The Morgan fingerprint density at radius 3 is 2.38 bits per heavy atom. The number of benzene rings is 3. The van der Waals surface area contributed by atoms with Gasteiger partial charge in [0.25, 0.3) is 5.91 Å². The molecule has 4 aromatic rings. The number of rotatable bonds is 4. The van der Waals surface area contributed by atoms with Crippen molar-refractivity contribution in [3.63, 3.8) is 0 Å². The van der Waals surface area contributed by atoms with Gasteiger partial charge < -0.3 is 19.0 Å². The zero-order valence-corrected chi connectivity index (χ0v) is 16.1. The van der Waals surface area contributed by atoms with E-state index in [1.807, 2.05) is 65.6 Å². The van der Waals surface area contributed by atoms with Crippen LogP contribution in [-0.4, -0.2) is 43.6 Å². The van der Waals surface area contributed by atoms with Crippen LogP contribution in [0.4, 0.5) is 5.69 Å². The maximum atomic E-state index is 12.6. The Hall–Kier alpha value is -3.47. The molecule has 5 nitrogen and oxygen atoms in total. The standard InChI is InChI=1S/C24H22N2O3/c27-24(26-14-12-25(13-15-26)18-6-2-1-3-7-18)17-28-19-10-11-23-21(16-19)20-8-4-5-9-22(20)29-23/h1-11,16H,12-15,17H2. The van der Waals surface area contributed by atoms with Crippen LogP contribution >= 0.6 is 0 Å². The lowest BCUT2D eigenvalue weighted by Gasteiger charge is -2.36. The lowest BCUT2D eigenvalue weighted by molar-refractivity contribution is -0.133. The summed E-state index contributed by atoms with van der Waals surface area (Å²) in [6.45, 7) is 3.14. The van der Waals surface area contributed by atoms with Crippen molar-refractivity contribution in [1.82, 2.24) is 4.90 Å². The number of furan rings is 1. The lowest BCUT2D eigenvalue weighted by atomic mass is 10.1. The quantitative estimate of drug-likeness (QED) is 0.524. The monoisotopic (exact) mass is 386 g/mol. The van der Waals surface area contributed by atoms with Crippen LogP contribution in [0.25, 0.3) is 21.9 Å². The Bertz CT molecular complexity index is 1140. The van der Waals surface area contributed by atoms with Crippen LogP contribution in [0.15, 0.2) is 77.2 Å². The number of hydrogen-bond donors (Lipinski definition) is 0. The number of fused-ring (bicyclic) bond motifs is 3. The van der Waals surface area contributed by atoms with Gasteiger partial charge in [-0.2, -0.15) is 0 Å². The van der Waals surface area contributed by atoms with Crippen molar-refractivity contribution < 1.29 is 13.9 Å². The Balaban J connectivity index is 1.21. The lowest BCUT2D eigenvalue weighted by Crippen LogP contribution is -2.50. The first-order valence-corrected chi connectivity index (χ1v) is 9.90. The van der Waals surface area contributed by atoms with Crippen molar-refractivity contribution in [2.24, 2.45) is 0 Å². The summed E-state index contributed by atoms with van der Waals surface area (Å²) in [5.41, 5.74) is 2.88. The van der Waals surface area contributed by atoms with Gasteiger partial charge in [-0.05, 0) is 36.4 Å². The SMILES string of the molecule is O=C(COc1ccc2oc3ccccc3c2c1)N1CCN(c2ccccc2)CC1. The number of hydrogen-bond acceptors (Lipinski definition) is 4. The van der Waals surface area contributed by atoms with Gasteiger partial charge in [-0.15, -0.1) is 0 Å². The summed E-state index contributed by atoms with van der Waals surface area (Å²) in [6.07, 6.45) is 0. The zero-order valence-electron chi connectivity index (χ0n) is 16.1. The van der Waals surface area contributed by atoms with E-state index in [-0.39, 0.29) is 12.5 Å². The first-order chi connectivity index (χ1) is 14.3. The molecule has 1 aliphatic heterocycles. The second kappa shape index (κ2) is 7.51. The molecule has 146 valence electrons. The fourth-order valence-corrected chi connectivity index (χ4v) is 3.88. The normalized spacial score (nSPS) is 14.5. The summed E-state index contributed by atoms with van der Waals surface area (Å²) in [6, 6.07) is 23.9. The molecule has 0 saturated carbocycles. The van der Waals surface area contributed by atoms with Gasteiger partial charge in [0.15, 0.2) is 6.61 Å². The average molecular weight is 386 g/mol. The third-order valence-corrected chi connectivity index (χ3v) is 5.46. The van der Waals surface area contributed by atoms with Crippen LogP contribution in [0, 0.1) is 0 Å². The van der Waals surface area contributed by atoms with E-state index in [4.69, 9.17) is 9.15 Å². The maximum absolute atomic E-state index is 12.6. The van der Waals surface area contributed by atoms with E-state index in [9.17, 15) is 4.79 Å². The highest BCUT2D eigenvalue weighted by Gasteiger charge is 2.21.